The van der Waals surface area contributed by atoms with E-state index < -0.39 is 11.5 Å². The molecule has 1 amide bonds. The van der Waals surface area contributed by atoms with Gasteiger partial charge >= 0.3 is 0 Å². The Balaban J connectivity index is 1.41. The first-order valence-electron chi connectivity index (χ1n) is 10.0. The minimum atomic E-state index is -1.53. The molecule has 1 atom stereocenters. The van der Waals surface area contributed by atoms with E-state index in [1.54, 1.807) is 25.1 Å². The van der Waals surface area contributed by atoms with Gasteiger partial charge in [-0.1, -0.05) is 28.4 Å². The Labute approximate surface area is 195 Å². The summed E-state index contributed by atoms with van der Waals surface area (Å²) in [5.41, 5.74) is 1.22. The van der Waals surface area contributed by atoms with Crippen LogP contribution < -0.4 is 5.32 Å². The molecule has 4 rings (SSSR count). The zero-order chi connectivity index (χ0) is 23.0. The van der Waals surface area contributed by atoms with Crippen molar-refractivity contribution in [2.75, 3.05) is 0 Å². The molecule has 1 aromatic carbocycles. The summed E-state index contributed by atoms with van der Waals surface area (Å²) in [6, 6.07) is 10.5. The molecule has 0 aliphatic heterocycles. The van der Waals surface area contributed by atoms with Crippen LogP contribution in [0.2, 0.25) is 10.2 Å². The van der Waals surface area contributed by atoms with Crippen LogP contribution in [0.25, 0.3) is 0 Å². The summed E-state index contributed by atoms with van der Waals surface area (Å²) in [7, 11) is 0. The van der Waals surface area contributed by atoms with E-state index >= 15 is 0 Å². The highest BCUT2D eigenvalue weighted by atomic mass is 35.5. The van der Waals surface area contributed by atoms with Gasteiger partial charge in [-0.2, -0.15) is 5.26 Å². The van der Waals surface area contributed by atoms with Gasteiger partial charge in [0, 0.05) is 28.9 Å². The van der Waals surface area contributed by atoms with Gasteiger partial charge in [-0.05, 0) is 68.0 Å². The fourth-order valence-electron chi connectivity index (χ4n) is 3.80. The van der Waals surface area contributed by atoms with Crippen molar-refractivity contribution < 1.29 is 14.4 Å². The highest BCUT2D eigenvalue weighted by Gasteiger charge is 2.35. The third-order valence-electron chi connectivity index (χ3n) is 5.85. The molecule has 7 nitrogen and oxygen atoms in total. The summed E-state index contributed by atoms with van der Waals surface area (Å²) in [4.78, 5) is 16.7. The van der Waals surface area contributed by atoms with Crippen LogP contribution in [0.3, 0.4) is 0 Å². The lowest BCUT2D eigenvalue weighted by Gasteiger charge is -2.36. The monoisotopic (exact) mass is 470 g/mol. The zero-order valence-electron chi connectivity index (χ0n) is 17.4. The predicted octanol–water partition coefficient (Wildman–Crippen LogP) is 4.49. The number of hydrogen-bond acceptors (Lipinski definition) is 6. The van der Waals surface area contributed by atoms with Crippen molar-refractivity contribution in [1.82, 2.24) is 15.5 Å². The van der Waals surface area contributed by atoms with Crippen LogP contribution in [0, 0.1) is 18.3 Å². The number of nitrogens with one attached hydrogen (secondary N) is 1. The topological polar surface area (TPSA) is 112 Å². The number of halogens is 2. The lowest BCUT2D eigenvalue weighted by Crippen LogP contribution is -2.43. The number of pyridine rings is 1. The third-order valence-corrected chi connectivity index (χ3v) is 6.48. The number of aliphatic hydroxyl groups is 1. The number of benzene rings is 1. The first kappa shape index (κ1) is 22.3. The van der Waals surface area contributed by atoms with Crippen molar-refractivity contribution in [3.05, 3.63) is 80.4 Å². The third kappa shape index (κ3) is 4.22. The second-order valence-corrected chi connectivity index (χ2v) is 8.96. The fraction of sp³-hybridized carbons (Fsp3) is 0.304. The lowest BCUT2D eigenvalue weighted by molar-refractivity contribution is 0.0686. The van der Waals surface area contributed by atoms with Crippen molar-refractivity contribution in [2.45, 2.75) is 44.2 Å². The molecular weight excluding hydrogens is 451 g/mol. The maximum Gasteiger partial charge on any atom is 0.273 e. The van der Waals surface area contributed by atoms with Gasteiger partial charge in [-0.15, -0.1) is 0 Å². The second kappa shape index (κ2) is 8.55. The molecule has 32 heavy (non-hydrogen) atoms. The van der Waals surface area contributed by atoms with E-state index in [0.29, 0.717) is 39.7 Å². The standard InChI is InChI=1S/C23H20Cl2N4O3/c1-12-5-15(11-27-21(12)25)23(2,31)20-9-19(29-32-20)22(30)28-17-6-14(7-17)18-8-16(24)4-3-13(18)10-26/h3-5,8-9,11,14,17,31H,6-7H2,1-2H3,(H,28,30)/t14?,17?,23-/m1/s1. The maximum absolute atomic E-state index is 12.6. The van der Waals surface area contributed by atoms with Crippen molar-refractivity contribution >= 4 is 29.1 Å². The van der Waals surface area contributed by atoms with Gasteiger partial charge in [0.1, 0.15) is 10.8 Å². The number of carbonyl (C=O) groups is 1. The van der Waals surface area contributed by atoms with Gasteiger partial charge < -0.3 is 14.9 Å². The first-order chi connectivity index (χ1) is 15.2. The van der Waals surface area contributed by atoms with Crippen molar-refractivity contribution in [1.29, 1.82) is 5.26 Å². The number of hydrogen-bond donors (Lipinski definition) is 2. The first-order valence-corrected chi connectivity index (χ1v) is 10.8. The summed E-state index contributed by atoms with van der Waals surface area (Å²) < 4.78 is 5.27. The molecule has 1 fully saturated rings. The summed E-state index contributed by atoms with van der Waals surface area (Å²) >= 11 is 12.0. The Hall–Kier alpha value is -2.92. The zero-order valence-corrected chi connectivity index (χ0v) is 18.9. The Morgan fingerprint density at radius 3 is 2.75 bits per heavy atom. The Morgan fingerprint density at radius 1 is 1.31 bits per heavy atom. The molecule has 2 N–H and O–H groups in total. The van der Waals surface area contributed by atoms with Gasteiger partial charge in [0.2, 0.25) is 0 Å². The molecule has 3 aromatic rings. The molecule has 0 spiro atoms. The molecular formula is C23H20Cl2N4O3. The number of carbonyl (C=O) groups excluding carboxylic acids is 1. The van der Waals surface area contributed by atoms with Gasteiger partial charge in [0.05, 0.1) is 11.6 Å². The SMILES string of the molecule is Cc1cc([C@@](C)(O)c2cc(C(=O)NC3CC(c4cc(Cl)ccc4C#N)C3)no2)cnc1Cl. The van der Waals surface area contributed by atoms with Gasteiger partial charge in [-0.3, -0.25) is 4.79 Å². The fourth-order valence-corrected chi connectivity index (χ4v) is 4.08. The van der Waals surface area contributed by atoms with Crippen LogP contribution in [0.1, 0.15) is 64.2 Å². The molecule has 9 heteroatoms. The van der Waals surface area contributed by atoms with Gasteiger partial charge in [-0.25, -0.2) is 4.98 Å². The normalized spacial score (nSPS) is 19.5. The molecule has 0 radical (unpaired) electrons. The summed E-state index contributed by atoms with van der Waals surface area (Å²) in [5, 5.41) is 27.9. The van der Waals surface area contributed by atoms with E-state index in [9.17, 15) is 15.2 Å². The van der Waals surface area contributed by atoms with E-state index in [1.807, 2.05) is 6.07 Å². The van der Waals surface area contributed by atoms with Crippen LogP contribution >= 0.6 is 23.2 Å². The Kier molecular flexibility index (Phi) is 5.95. The number of amides is 1. The van der Waals surface area contributed by atoms with Gasteiger partial charge in [0.25, 0.3) is 5.91 Å². The molecule has 0 saturated heterocycles. The second-order valence-electron chi connectivity index (χ2n) is 8.16. The predicted molar refractivity (Wildman–Crippen MR) is 119 cm³/mol. The lowest BCUT2D eigenvalue weighted by atomic mass is 9.74. The average molecular weight is 471 g/mol. The quantitative estimate of drug-likeness (QED) is 0.531. The highest BCUT2D eigenvalue weighted by Crippen LogP contribution is 2.39. The van der Waals surface area contributed by atoms with Crippen molar-refractivity contribution in [3.63, 3.8) is 0 Å². The minimum absolute atomic E-state index is 0.0539. The number of rotatable bonds is 5. The molecule has 1 saturated carbocycles. The number of nitrogens with zero attached hydrogens (tertiary/aromatic N) is 3. The molecule has 2 aromatic heterocycles. The average Bonchev–Trinajstić information content (AvgIpc) is 3.23. The summed E-state index contributed by atoms with van der Waals surface area (Å²) in [5.74, 6) is -0.116. The van der Waals surface area contributed by atoms with Crippen LogP contribution in [0.15, 0.2) is 41.1 Å². The largest absolute Gasteiger partial charge is 0.377 e. The molecule has 1 aliphatic carbocycles. The van der Waals surface area contributed by atoms with Crippen molar-refractivity contribution in [2.24, 2.45) is 0 Å². The summed E-state index contributed by atoms with van der Waals surface area (Å²) in [6.07, 6.45) is 2.84. The van der Waals surface area contributed by atoms with Crippen LogP contribution in [0.4, 0.5) is 0 Å². The van der Waals surface area contributed by atoms with Crippen LogP contribution in [0.5, 0.6) is 0 Å². The molecule has 0 unspecified atom stereocenters. The van der Waals surface area contributed by atoms with E-state index in [-0.39, 0.29) is 23.4 Å². The smallest absolute Gasteiger partial charge is 0.273 e. The van der Waals surface area contributed by atoms with E-state index in [1.165, 1.54) is 19.2 Å². The van der Waals surface area contributed by atoms with Crippen LogP contribution in [-0.4, -0.2) is 27.2 Å². The van der Waals surface area contributed by atoms with E-state index in [2.05, 4.69) is 21.5 Å². The molecule has 2 heterocycles. The molecule has 0 bridgehead atoms. The number of nitriles is 1. The summed E-state index contributed by atoms with van der Waals surface area (Å²) in [6.45, 7) is 3.32. The van der Waals surface area contributed by atoms with Crippen molar-refractivity contribution in [3.8, 4) is 6.07 Å². The van der Waals surface area contributed by atoms with E-state index in [4.69, 9.17) is 27.7 Å². The number of aromatic nitrogens is 2. The van der Waals surface area contributed by atoms with E-state index in [0.717, 1.165) is 5.56 Å². The molecule has 164 valence electrons. The highest BCUT2D eigenvalue weighted by molar-refractivity contribution is 6.30. The maximum atomic E-state index is 12.6. The number of aryl methyl sites for hydroxylation is 1. The van der Waals surface area contributed by atoms with Crippen LogP contribution in [-0.2, 0) is 5.60 Å². The Morgan fingerprint density at radius 2 is 2.06 bits per heavy atom. The Bertz CT molecular complexity index is 1230. The minimum Gasteiger partial charge on any atom is -0.377 e. The van der Waals surface area contributed by atoms with Gasteiger partial charge in [0.15, 0.2) is 11.5 Å². The molecule has 1 aliphatic rings.